The molecule has 15 heteroatoms. The molecule has 2 aliphatic rings. The normalized spacial score (nSPS) is 15.9. The van der Waals surface area contributed by atoms with Gasteiger partial charge in [-0.1, -0.05) is 59.6 Å². The molecule has 7 rings (SSSR count). The predicted octanol–water partition coefficient (Wildman–Crippen LogP) is 7.48. The van der Waals surface area contributed by atoms with Crippen LogP contribution in [0.5, 0.6) is 5.88 Å². The highest BCUT2D eigenvalue weighted by Gasteiger charge is 2.54. The van der Waals surface area contributed by atoms with Crippen molar-refractivity contribution in [2.75, 3.05) is 25.6 Å². The summed E-state index contributed by atoms with van der Waals surface area (Å²) in [5, 5.41) is 13.5. The molecule has 2 aromatic carbocycles. The fraction of sp³-hybridized carbons (Fsp3) is 0.333. The van der Waals surface area contributed by atoms with Crippen LogP contribution < -0.4 is 20.5 Å². The number of benzene rings is 2. The number of anilines is 1. The van der Waals surface area contributed by atoms with Crippen LogP contribution in [0.4, 0.5) is 10.5 Å². The van der Waals surface area contributed by atoms with Gasteiger partial charge in [-0.05, 0) is 69.9 Å². The summed E-state index contributed by atoms with van der Waals surface area (Å²) in [7, 11) is 3.22. The third kappa shape index (κ3) is 7.86. The number of carboxylic acid groups (broad SMARTS) is 1. The van der Waals surface area contributed by atoms with Crippen molar-refractivity contribution in [2.24, 2.45) is 0 Å². The molecule has 1 aliphatic carbocycles. The van der Waals surface area contributed by atoms with E-state index in [9.17, 15) is 24.3 Å². The number of ether oxygens (including phenoxy) is 2. The highest BCUT2D eigenvalue weighted by molar-refractivity contribution is 6.39. The first-order valence-electron chi connectivity index (χ1n) is 18.5. The number of nitrogens with one attached hydrogen (secondary N) is 1. The lowest BCUT2D eigenvalue weighted by atomic mass is 9.97. The molecule has 3 aromatic heterocycles. The van der Waals surface area contributed by atoms with E-state index in [0.29, 0.717) is 80.6 Å². The minimum atomic E-state index is -0.974. The van der Waals surface area contributed by atoms with Crippen LogP contribution in [0, 0.1) is 0 Å². The minimum absolute atomic E-state index is 0.0551. The standard InChI is InChI=1S/C42H42Cl2N6O7/c1-41(2,3)57-40(55)49(23-26-12-15-34(51)46-26)22-25-21-45-33-20-24(16-19-50(33)38(25)52)27-8-6-9-28(35(27)43)29-10-7-11-30(36(29)44)31-13-14-32(37(47-31)56-5)48(4)42(17-18-42)39(53)54/h6-11,13-14,16,19-21,26H,12,15,17-18,22-23H2,1-5H3,(H,46,51)(H,53,54)/t26-/m0/s1. The highest BCUT2D eigenvalue weighted by atomic mass is 35.5. The molecule has 0 spiro atoms. The van der Waals surface area contributed by atoms with Crippen molar-refractivity contribution in [1.82, 2.24) is 24.6 Å². The van der Waals surface area contributed by atoms with Gasteiger partial charge in [0.05, 0.1) is 35.0 Å². The summed E-state index contributed by atoms with van der Waals surface area (Å²) in [5.41, 5.74) is 3.04. The molecule has 13 nitrogen and oxygen atoms in total. The lowest BCUT2D eigenvalue weighted by Gasteiger charge is -2.29. The van der Waals surface area contributed by atoms with Crippen LogP contribution in [0.15, 0.2) is 77.9 Å². The summed E-state index contributed by atoms with van der Waals surface area (Å²) in [4.78, 5) is 63.3. The number of pyridine rings is 2. The summed E-state index contributed by atoms with van der Waals surface area (Å²) < 4.78 is 12.7. The number of fused-ring (bicyclic) bond motifs is 1. The number of aromatic nitrogens is 3. The Labute approximate surface area is 339 Å². The zero-order valence-corrected chi connectivity index (χ0v) is 33.6. The lowest BCUT2D eigenvalue weighted by molar-refractivity contribution is -0.139. The van der Waals surface area contributed by atoms with E-state index in [1.54, 1.807) is 63.2 Å². The summed E-state index contributed by atoms with van der Waals surface area (Å²) in [6, 6.07) is 18.0. The van der Waals surface area contributed by atoms with Gasteiger partial charge in [0, 0.05) is 60.7 Å². The molecular weight excluding hydrogens is 771 g/mol. The molecule has 1 saturated carbocycles. The molecule has 2 N–H and O–H groups in total. The summed E-state index contributed by atoms with van der Waals surface area (Å²) in [6.07, 6.45) is 4.51. The molecule has 296 valence electrons. The molecule has 0 unspecified atom stereocenters. The number of carbonyl (C=O) groups is 3. The molecule has 57 heavy (non-hydrogen) atoms. The molecule has 4 heterocycles. The van der Waals surface area contributed by atoms with Crippen molar-refractivity contribution in [3.8, 4) is 39.4 Å². The molecule has 2 fully saturated rings. The maximum atomic E-state index is 13.8. The van der Waals surface area contributed by atoms with E-state index in [0.717, 1.165) is 0 Å². The van der Waals surface area contributed by atoms with Crippen LogP contribution in [0.1, 0.15) is 52.0 Å². The molecular formula is C42H42Cl2N6O7. The van der Waals surface area contributed by atoms with Gasteiger partial charge in [-0.3, -0.25) is 14.0 Å². The van der Waals surface area contributed by atoms with Gasteiger partial charge < -0.3 is 29.7 Å². The average molecular weight is 814 g/mol. The Morgan fingerprint density at radius 1 is 1.00 bits per heavy atom. The van der Waals surface area contributed by atoms with Gasteiger partial charge in [0.25, 0.3) is 5.56 Å². The lowest BCUT2D eigenvalue weighted by Crippen LogP contribution is -2.44. The number of hydrogen-bond acceptors (Lipinski definition) is 9. The van der Waals surface area contributed by atoms with Gasteiger partial charge >= 0.3 is 12.1 Å². The fourth-order valence-electron chi connectivity index (χ4n) is 7.14. The van der Waals surface area contributed by atoms with Crippen molar-refractivity contribution < 1.29 is 29.0 Å². The van der Waals surface area contributed by atoms with Crippen molar-refractivity contribution in [2.45, 2.75) is 70.2 Å². The number of halogens is 2. The van der Waals surface area contributed by atoms with E-state index in [1.807, 2.05) is 36.4 Å². The first-order valence-corrected chi connectivity index (χ1v) is 19.2. The van der Waals surface area contributed by atoms with Crippen LogP contribution in [0.25, 0.3) is 39.2 Å². The maximum absolute atomic E-state index is 13.8. The van der Waals surface area contributed by atoms with Crippen LogP contribution in [0.3, 0.4) is 0 Å². The first-order chi connectivity index (χ1) is 27.1. The van der Waals surface area contributed by atoms with Gasteiger partial charge in [0.15, 0.2) is 0 Å². The number of likely N-dealkylation sites (N-methyl/N-ethyl adjacent to an activating group) is 1. The van der Waals surface area contributed by atoms with Gasteiger partial charge in [-0.25, -0.2) is 19.6 Å². The molecule has 1 saturated heterocycles. The number of carboxylic acids is 1. The number of nitrogens with zero attached hydrogens (tertiary/aromatic N) is 5. The Balaban J connectivity index is 1.17. The third-order valence-corrected chi connectivity index (χ3v) is 11.2. The van der Waals surface area contributed by atoms with E-state index in [-0.39, 0.29) is 42.0 Å². The van der Waals surface area contributed by atoms with Crippen molar-refractivity contribution in [1.29, 1.82) is 0 Å². The third-order valence-electron chi connectivity index (χ3n) is 10.4. The quantitative estimate of drug-likeness (QED) is 0.137. The molecule has 0 bridgehead atoms. The molecule has 2 amide bonds. The van der Waals surface area contributed by atoms with E-state index in [2.05, 4.69) is 10.3 Å². The van der Waals surface area contributed by atoms with Crippen LogP contribution in [-0.2, 0) is 20.9 Å². The Morgan fingerprint density at radius 3 is 2.28 bits per heavy atom. The van der Waals surface area contributed by atoms with Crippen molar-refractivity contribution in [3.63, 3.8) is 0 Å². The van der Waals surface area contributed by atoms with E-state index < -0.39 is 23.2 Å². The Hall–Kier alpha value is -5.66. The SMILES string of the molecule is COc1nc(-c2cccc(-c3cccc(-c4ccn5c(=O)c(CN(C[C@@H]6CCC(=O)N6)C(=O)OC(C)(C)C)cnc5c4)c3Cl)c2Cl)ccc1N(C)C1(C(=O)O)CC1. The van der Waals surface area contributed by atoms with Crippen molar-refractivity contribution in [3.05, 3.63) is 99.0 Å². The molecule has 1 aliphatic heterocycles. The summed E-state index contributed by atoms with van der Waals surface area (Å²) in [5.74, 6) is -0.688. The summed E-state index contributed by atoms with van der Waals surface area (Å²) >= 11 is 14.2. The zero-order chi connectivity index (χ0) is 40.8. The fourth-order valence-corrected chi connectivity index (χ4v) is 7.80. The Kier molecular flexibility index (Phi) is 10.7. The van der Waals surface area contributed by atoms with Crippen LogP contribution in [-0.4, -0.2) is 80.2 Å². The molecule has 1 atom stereocenters. The molecule has 5 aromatic rings. The van der Waals surface area contributed by atoms with E-state index in [4.69, 9.17) is 37.7 Å². The van der Waals surface area contributed by atoms with Crippen LogP contribution in [0.2, 0.25) is 10.0 Å². The second-order valence-electron chi connectivity index (χ2n) is 15.4. The summed E-state index contributed by atoms with van der Waals surface area (Å²) in [6.45, 7) is 5.43. The van der Waals surface area contributed by atoms with Gasteiger partial charge in [0.1, 0.15) is 22.5 Å². The van der Waals surface area contributed by atoms with Gasteiger partial charge in [-0.15, -0.1) is 0 Å². The second kappa shape index (κ2) is 15.4. The average Bonchev–Trinajstić information content (AvgIpc) is 3.90. The van der Waals surface area contributed by atoms with Gasteiger partial charge in [0.2, 0.25) is 11.8 Å². The highest BCUT2D eigenvalue weighted by Crippen LogP contribution is 2.47. The van der Waals surface area contributed by atoms with E-state index >= 15 is 0 Å². The Morgan fingerprint density at radius 2 is 1.67 bits per heavy atom. The second-order valence-corrected chi connectivity index (χ2v) is 16.1. The Bertz CT molecular complexity index is 2480. The number of aliphatic carboxylic acids is 1. The van der Waals surface area contributed by atoms with Crippen molar-refractivity contribution >= 4 is 52.5 Å². The predicted molar refractivity (Wildman–Crippen MR) is 218 cm³/mol. The van der Waals surface area contributed by atoms with Gasteiger partial charge in [-0.2, -0.15) is 0 Å². The smallest absolute Gasteiger partial charge is 0.410 e. The minimum Gasteiger partial charge on any atom is -0.480 e. The number of hydrogen-bond donors (Lipinski definition) is 2. The molecule has 0 radical (unpaired) electrons. The topological polar surface area (TPSA) is 156 Å². The monoisotopic (exact) mass is 812 g/mol. The zero-order valence-electron chi connectivity index (χ0n) is 32.1. The first kappa shape index (κ1) is 39.6. The number of methoxy groups -OCH3 is 1. The maximum Gasteiger partial charge on any atom is 0.410 e. The largest absolute Gasteiger partial charge is 0.480 e. The number of rotatable bonds is 11. The number of amides is 2. The van der Waals surface area contributed by atoms with Crippen LogP contribution >= 0.6 is 23.2 Å². The number of carbonyl (C=O) groups excluding carboxylic acids is 2. The van der Waals surface area contributed by atoms with E-state index in [1.165, 1.54) is 22.6 Å².